The molecule has 1 saturated heterocycles. The van der Waals surface area contributed by atoms with E-state index in [1.54, 1.807) is 6.92 Å². The summed E-state index contributed by atoms with van der Waals surface area (Å²) < 4.78 is 0. The maximum atomic E-state index is 7.57. The molecule has 0 bridgehead atoms. The van der Waals surface area contributed by atoms with E-state index >= 15 is 0 Å². The minimum Gasteiger partial charge on any atom is -0.397 e. The van der Waals surface area contributed by atoms with Crippen LogP contribution in [-0.4, -0.2) is 34.8 Å². The van der Waals surface area contributed by atoms with Gasteiger partial charge in [-0.1, -0.05) is 37.3 Å². The number of aliphatic hydroxyl groups excluding tert-OH is 1. The molecule has 1 aliphatic heterocycles. The molecule has 110 valence electrons. The lowest BCUT2D eigenvalue weighted by Gasteiger charge is -2.08. The first kappa shape index (κ1) is 18.3. The average molecular weight is 288 g/mol. The Morgan fingerprint density at radius 2 is 1.47 bits per heavy atom. The maximum Gasteiger partial charge on any atom is 0.115 e. The van der Waals surface area contributed by atoms with Gasteiger partial charge in [0, 0.05) is 19.0 Å². The van der Waals surface area contributed by atoms with Crippen molar-refractivity contribution >= 4 is 11.6 Å². The summed E-state index contributed by atoms with van der Waals surface area (Å²) in [6.07, 6.45) is 13.2. The molecular weight excluding hydrogens is 262 g/mol. The number of nitrogens with zero attached hydrogens (tertiary/aromatic N) is 2. The van der Waals surface area contributed by atoms with Crippen LogP contribution in [-0.2, 0) is 0 Å². The smallest absolute Gasteiger partial charge is 0.115 e. The molecular formula is C14H26ClN3O. The van der Waals surface area contributed by atoms with Gasteiger partial charge in [0.25, 0.3) is 0 Å². The Balaban J connectivity index is 0.000000244. The molecule has 0 radical (unpaired) electrons. The second-order valence-electron chi connectivity index (χ2n) is 4.24. The van der Waals surface area contributed by atoms with Gasteiger partial charge < -0.3 is 10.4 Å². The third-order valence-electron chi connectivity index (χ3n) is 2.09. The molecule has 19 heavy (non-hydrogen) atoms. The molecule has 2 heterocycles. The van der Waals surface area contributed by atoms with Gasteiger partial charge in [-0.25, -0.2) is 9.97 Å². The second-order valence-corrected chi connectivity index (χ2v) is 4.68. The zero-order valence-corrected chi connectivity index (χ0v) is 12.6. The van der Waals surface area contributed by atoms with Gasteiger partial charge in [-0.2, -0.15) is 0 Å². The van der Waals surface area contributed by atoms with Crippen molar-refractivity contribution < 1.29 is 5.11 Å². The minimum atomic E-state index is 0.250. The van der Waals surface area contributed by atoms with Crippen molar-refractivity contribution in [3.63, 3.8) is 0 Å². The number of nitrogens with one attached hydrogen (secondary N) is 1. The Labute approximate surface area is 121 Å². The molecule has 2 N–H and O–H groups in total. The molecule has 0 aromatic carbocycles. The van der Waals surface area contributed by atoms with Crippen LogP contribution in [0.25, 0.3) is 0 Å². The topological polar surface area (TPSA) is 58.0 Å². The average Bonchev–Trinajstić information content (AvgIpc) is 3.31. The quantitative estimate of drug-likeness (QED) is 0.770. The van der Waals surface area contributed by atoms with Gasteiger partial charge in [-0.05, 0) is 32.9 Å². The zero-order chi connectivity index (χ0) is 14.2. The molecule has 1 aliphatic carbocycles. The van der Waals surface area contributed by atoms with Crippen molar-refractivity contribution in [3.8, 4) is 0 Å². The van der Waals surface area contributed by atoms with Crippen LogP contribution in [0.15, 0.2) is 18.7 Å². The summed E-state index contributed by atoms with van der Waals surface area (Å²) >= 11 is 5.41. The maximum absolute atomic E-state index is 7.57. The highest BCUT2D eigenvalue weighted by molar-refractivity contribution is 6.30. The van der Waals surface area contributed by atoms with Crippen LogP contribution in [0, 0.1) is 0 Å². The van der Waals surface area contributed by atoms with E-state index in [2.05, 4.69) is 15.3 Å². The highest BCUT2D eigenvalue weighted by Gasteiger charge is 1.95. The molecule has 1 aromatic rings. The molecule has 0 spiro atoms. The van der Waals surface area contributed by atoms with E-state index in [9.17, 15) is 0 Å². The van der Waals surface area contributed by atoms with Crippen molar-refractivity contribution in [3.05, 3.63) is 23.7 Å². The van der Waals surface area contributed by atoms with Gasteiger partial charge in [0.05, 0.1) is 5.02 Å². The lowest BCUT2D eigenvalue weighted by Crippen LogP contribution is -2.21. The van der Waals surface area contributed by atoms with E-state index in [0.717, 1.165) is 0 Å². The second kappa shape index (κ2) is 15.3. The van der Waals surface area contributed by atoms with E-state index in [-0.39, 0.29) is 6.61 Å². The summed E-state index contributed by atoms with van der Waals surface area (Å²) in [6.45, 7) is 4.43. The Morgan fingerprint density at radius 1 is 1.05 bits per heavy atom. The third-order valence-corrected chi connectivity index (χ3v) is 2.28. The zero-order valence-electron chi connectivity index (χ0n) is 11.8. The first-order valence-corrected chi connectivity index (χ1v) is 7.41. The summed E-state index contributed by atoms with van der Waals surface area (Å²) in [7, 11) is 0. The summed E-state index contributed by atoms with van der Waals surface area (Å²) in [5.41, 5.74) is 0. The fourth-order valence-corrected chi connectivity index (χ4v) is 1.20. The van der Waals surface area contributed by atoms with Crippen LogP contribution >= 0.6 is 11.6 Å². The van der Waals surface area contributed by atoms with Gasteiger partial charge in [-0.3, -0.25) is 0 Å². The molecule has 2 fully saturated rings. The number of aromatic nitrogens is 2. The summed E-state index contributed by atoms with van der Waals surface area (Å²) in [6, 6.07) is 0. The van der Waals surface area contributed by atoms with E-state index in [4.69, 9.17) is 16.7 Å². The number of hydrogen-bond donors (Lipinski definition) is 2. The van der Waals surface area contributed by atoms with E-state index in [0.29, 0.717) is 5.02 Å². The summed E-state index contributed by atoms with van der Waals surface area (Å²) in [5, 5.41) is 11.4. The van der Waals surface area contributed by atoms with E-state index in [1.165, 1.54) is 70.3 Å². The van der Waals surface area contributed by atoms with Crippen molar-refractivity contribution in [1.82, 2.24) is 15.3 Å². The summed E-state index contributed by atoms with van der Waals surface area (Å²) in [5.74, 6) is 0. The van der Waals surface area contributed by atoms with E-state index < -0.39 is 0 Å². The SMILES string of the molecule is C1CC1.C1CCNCC1.CCO.Clc1cncnc1. The first-order valence-electron chi connectivity index (χ1n) is 7.03. The van der Waals surface area contributed by atoms with Gasteiger partial charge >= 0.3 is 0 Å². The fraction of sp³-hybridized carbons (Fsp3) is 0.714. The lowest BCUT2D eigenvalue weighted by molar-refractivity contribution is 0.318. The van der Waals surface area contributed by atoms with Crippen molar-refractivity contribution in [1.29, 1.82) is 0 Å². The minimum absolute atomic E-state index is 0.250. The lowest BCUT2D eigenvalue weighted by atomic mass is 10.2. The fourth-order valence-electron chi connectivity index (χ4n) is 1.08. The summed E-state index contributed by atoms with van der Waals surface area (Å²) in [4.78, 5) is 7.28. The number of aliphatic hydroxyl groups is 1. The van der Waals surface area contributed by atoms with Crippen LogP contribution in [0.1, 0.15) is 45.4 Å². The van der Waals surface area contributed by atoms with Crippen molar-refractivity contribution in [2.24, 2.45) is 0 Å². The molecule has 1 saturated carbocycles. The number of hydrogen-bond acceptors (Lipinski definition) is 4. The normalized spacial score (nSPS) is 15.5. The van der Waals surface area contributed by atoms with Crippen LogP contribution in [0.3, 0.4) is 0 Å². The molecule has 5 heteroatoms. The Kier molecular flexibility index (Phi) is 14.8. The van der Waals surface area contributed by atoms with Gasteiger partial charge in [0.2, 0.25) is 0 Å². The standard InChI is InChI=1S/C5H11N.C4H3ClN2.C3H6.C2H6O/c1-2-4-6-5-3-1;5-4-1-6-3-7-2-4;1-2-3-1;1-2-3/h6H,1-5H2;1-3H;1-3H2;3H,2H2,1H3. The Hall–Kier alpha value is -0.710. The molecule has 2 aliphatic rings. The highest BCUT2D eigenvalue weighted by atomic mass is 35.5. The number of rotatable bonds is 0. The van der Waals surface area contributed by atoms with Crippen LogP contribution < -0.4 is 5.32 Å². The Bertz CT molecular complexity index is 252. The number of piperidine rings is 1. The predicted octanol–water partition coefficient (Wildman–Crippen LogP) is 3.06. The van der Waals surface area contributed by atoms with Crippen molar-refractivity contribution in [2.75, 3.05) is 19.7 Å². The van der Waals surface area contributed by atoms with Gasteiger partial charge in [0.1, 0.15) is 6.33 Å². The number of halogens is 1. The highest BCUT2D eigenvalue weighted by Crippen LogP contribution is 2.14. The van der Waals surface area contributed by atoms with Gasteiger partial charge in [0.15, 0.2) is 0 Å². The molecule has 0 unspecified atom stereocenters. The largest absolute Gasteiger partial charge is 0.397 e. The van der Waals surface area contributed by atoms with Crippen molar-refractivity contribution in [2.45, 2.75) is 45.4 Å². The van der Waals surface area contributed by atoms with Crippen LogP contribution in [0.2, 0.25) is 5.02 Å². The Morgan fingerprint density at radius 3 is 1.63 bits per heavy atom. The van der Waals surface area contributed by atoms with E-state index in [1.807, 2.05) is 0 Å². The molecule has 4 nitrogen and oxygen atoms in total. The molecule has 0 atom stereocenters. The van der Waals surface area contributed by atoms with Crippen LogP contribution in [0.4, 0.5) is 0 Å². The monoisotopic (exact) mass is 287 g/mol. The molecule has 0 amide bonds. The molecule has 1 aromatic heterocycles. The molecule has 3 rings (SSSR count). The van der Waals surface area contributed by atoms with Crippen LogP contribution in [0.5, 0.6) is 0 Å². The predicted molar refractivity (Wildman–Crippen MR) is 80.4 cm³/mol. The third kappa shape index (κ3) is 19.8. The first-order chi connectivity index (χ1) is 9.31. The van der Waals surface area contributed by atoms with Gasteiger partial charge in [-0.15, -0.1) is 0 Å².